The Morgan fingerprint density at radius 2 is 1.85 bits per heavy atom. The number of likely N-dealkylation sites (N-methyl/N-ethyl adjacent to an activating group) is 1. The van der Waals surface area contributed by atoms with Crippen molar-refractivity contribution in [2.24, 2.45) is 0 Å². The molecule has 0 spiro atoms. The SMILES string of the molecule is CN(O)C(=O)C(=O)CC(O)(Cc1cccc(C#N)c1)c1ccc(O)c(O)c1. The number of nitrogens with zero attached hydrogens (tertiary/aromatic N) is 2. The van der Waals surface area contributed by atoms with Gasteiger partial charge >= 0.3 is 5.91 Å². The molecule has 0 saturated heterocycles. The normalized spacial score (nSPS) is 12.7. The predicted octanol–water partition coefficient (Wildman–Crippen LogP) is 1.21. The molecule has 0 heterocycles. The number of hydrogen-bond acceptors (Lipinski definition) is 7. The highest BCUT2D eigenvalue weighted by atomic mass is 16.5. The van der Waals surface area contributed by atoms with Crippen molar-refractivity contribution in [2.45, 2.75) is 18.4 Å². The second kappa shape index (κ2) is 7.86. The maximum atomic E-state index is 12.2. The molecule has 2 rings (SSSR count). The fourth-order valence-electron chi connectivity index (χ4n) is 2.69. The lowest BCUT2D eigenvalue weighted by molar-refractivity contribution is -0.167. The first-order chi connectivity index (χ1) is 12.7. The van der Waals surface area contributed by atoms with Gasteiger partial charge in [0.2, 0.25) is 5.78 Å². The van der Waals surface area contributed by atoms with Crippen LogP contribution in [0.4, 0.5) is 0 Å². The molecule has 27 heavy (non-hydrogen) atoms. The number of benzene rings is 2. The van der Waals surface area contributed by atoms with Gasteiger partial charge in [-0.15, -0.1) is 0 Å². The summed E-state index contributed by atoms with van der Waals surface area (Å²) in [4.78, 5) is 23.9. The van der Waals surface area contributed by atoms with Crippen LogP contribution in [-0.2, 0) is 21.6 Å². The van der Waals surface area contributed by atoms with Gasteiger partial charge in [0.25, 0.3) is 0 Å². The summed E-state index contributed by atoms with van der Waals surface area (Å²) >= 11 is 0. The molecule has 0 fully saturated rings. The molecule has 2 aromatic carbocycles. The summed E-state index contributed by atoms with van der Waals surface area (Å²) in [6.07, 6.45) is -0.835. The van der Waals surface area contributed by atoms with Gasteiger partial charge < -0.3 is 15.3 Å². The summed E-state index contributed by atoms with van der Waals surface area (Å²) in [7, 11) is 0.988. The van der Waals surface area contributed by atoms with Gasteiger partial charge in [-0.05, 0) is 35.4 Å². The molecule has 0 aliphatic rings. The average molecular weight is 370 g/mol. The van der Waals surface area contributed by atoms with E-state index in [4.69, 9.17) is 10.5 Å². The summed E-state index contributed by atoms with van der Waals surface area (Å²) < 4.78 is 0. The van der Waals surface area contributed by atoms with E-state index >= 15 is 0 Å². The van der Waals surface area contributed by atoms with Crippen LogP contribution < -0.4 is 0 Å². The molecule has 0 bridgehead atoms. The third-order valence-corrected chi connectivity index (χ3v) is 4.05. The third-order valence-electron chi connectivity index (χ3n) is 4.05. The lowest BCUT2D eigenvalue weighted by Crippen LogP contribution is -2.38. The van der Waals surface area contributed by atoms with E-state index in [2.05, 4.69) is 0 Å². The Morgan fingerprint density at radius 1 is 1.15 bits per heavy atom. The zero-order valence-corrected chi connectivity index (χ0v) is 14.5. The highest BCUT2D eigenvalue weighted by Gasteiger charge is 2.36. The molecule has 8 heteroatoms. The van der Waals surface area contributed by atoms with Crippen LogP contribution in [0.2, 0.25) is 0 Å². The maximum absolute atomic E-state index is 12.2. The lowest BCUT2D eigenvalue weighted by Gasteiger charge is -2.29. The molecule has 2 aromatic rings. The van der Waals surface area contributed by atoms with Crippen LogP contribution in [0, 0.1) is 11.3 Å². The van der Waals surface area contributed by atoms with Crippen LogP contribution in [0.3, 0.4) is 0 Å². The van der Waals surface area contributed by atoms with Crippen molar-refractivity contribution in [1.29, 1.82) is 5.26 Å². The van der Waals surface area contributed by atoms with E-state index in [9.17, 15) is 24.9 Å². The number of Topliss-reactive ketones (excluding diaryl/α,β-unsaturated/α-hetero) is 1. The Labute approximate surface area is 155 Å². The fraction of sp³-hybridized carbons (Fsp3) is 0.211. The first-order valence-electron chi connectivity index (χ1n) is 7.90. The molecule has 140 valence electrons. The third kappa shape index (κ3) is 4.61. The number of rotatable bonds is 6. The quantitative estimate of drug-likeness (QED) is 0.259. The highest BCUT2D eigenvalue weighted by Crippen LogP contribution is 2.35. The number of nitriles is 1. The molecule has 0 aliphatic carbocycles. The minimum Gasteiger partial charge on any atom is -0.504 e. The molecule has 0 aliphatic heterocycles. The van der Waals surface area contributed by atoms with Crippen molar-refractivity contribution < 1.29 is 30.1 Å². The van der Waals surface area contributed by atoms with Crippen LogP contribution in [0.1, 0.15) is 23.1 Å². The monoisotopic (exact) mass is 370 g/mol. The van der Waals surface area contributed by atoms with E-state index in [1.165, 1.54) is 12.1 Å². The molecular formula is C19H18N2O6. The van der Waals surface area contributed by atoms with Crippen LogP contribution >= 0.6 is 0 Å². The van der Waals surface area contributed by atoms with Crippen molar-refractivity contribution in [1.82, 2.24) is 5.06 Å². The average Bonchev–Trinajstić information content (AvgIpc) is 2.63. The van der Waals surface area contributed by atoms with Gasteiger partial charge in [-0.1, -0.05) is 18.2 Å². The molecular weight excluding hydrogens is 352 g/mol. The van der Waals surface area contributed by atoms with E-state index in [0.29, 0.717) is 11.1 Å². The minimum atomic E-state index is -1.93. The summed E-state index contributed by atoms with van der Waals surface area (Å²) in [5.74, 6) is -3.17. The van der Waals surface area contributed by atoms with Gasteiger partial charge in [0, 0.05) is 19.9 Å². The van der Waals surface area contributed by atoms with Gasteiger partial charge in [-0.3, -0.25) is 14.8 Å². The summed E-state index contributed by atoms with van der Waals surface area (Å²) in [5, 5.41) is 48.7. The number of carbonyl (C=O) groups excluding carboxylic acids is 2. The lowest BCUT2D eigenvalue weighted by atomic mass is 9.82. The molecule has 4 N–H and O–H groups in total. The van der Waals surface area contributed by atoms with Gasteiger partial charge in [0.1, 0.15) is 5.60 Å². The van der Waals surface area contributed by atoms with Crippen molar-refractivity contribution in [3.63, 3.8) is 0 Å². The summed E-state index contributed by atoms with van der Waals surface area (Å²) in [5.41, 5.74) is -0.980. The number of amides is 1. The van der Waals surface area contributed by atoms with Crippen molar-refractivity contribution >= 4 is 11.7 Å². The van der Waals surface area contributed by atoms with Crippen LogP contribution in [0.5, 0.6) is 11.5 Å². The van der Waals surface area contributed by atoms with Gasteiger partial charge in [0.05, 0.1) is 11.6 Å². The van der Waals surface area contributed by atoms with Crippen molar-refractivity contribution in [3.05, 3.63) is 59.2 Å². The van der Waals surface area contributed by atoms with Crippen LogP contribution in [-0.4, -0.2) is 44.3 Å². The minimum absolute atomic E-state index is 0.0851. The Bertz CT molecular complexity index is 919. The van der Waals surface area contributed by atoms with E-state index < -0.39 is 35.2 Å². The number of carbonyl (C=O) groups is 2. The van der Waals surface area contributed by atoms with Crippen molar-refractivity contribution in [3.8, 4) is 17.6 Å². The second-order valence-corrected chi connectivity index (χ2v) is 6.15. The summed E-state index contributed by atoms with van der Waals surface area (Å²) in [6.45, 7) is 0. The number of phenolic OH excluding ortho intramolecular Hbond substituents is 2. The summed E-state index contributed by atoms with van der Waals surface area (Å²) in [6, 6.07) is 11.8. The zero-order valence-electron chi connectivity index (χ0n) is 14.5. The largest absolute Gasteiger partial charge is 0.504 e. The second-order valence-electron chi connectivity index (χ2n) is 6.15. The number of hydrogen-bond donors (Lipinski definition) is 4. The van der Waals surface area contributed by atoms with Gasteiger partial charge in [-0.2, -0.15) is 5.26 Å². The Morgan fingerprint density at radius 3 is 2.44 bits per heavy atom. The smallest absolute Gasteiger partial charge is 0.313 e. The van der Waals surface area contributed by atoms with E-state index in [1.54, 1.807) is 18.2 Å². The number of phenols is 2. The maximum Gasteiger partial charge on any atom is 0.313 e. The first-order valence-corrected chi connectivity index (χ1v) is 7.90. The van der Waals surface area contributed by atoms with Gasteiger partial charge in [-0.25, -0.2) is 5.06 Å². The molecule has 1 atom stereocenters. The highest BCUT2D eigenvalue weighted by molar-refractivity contribution is 6.35. The molecule has 8 nitrogen and oxygen atoms in total. The molecule has 0 aromatic heterocycles. The standard InChI is InChI=1S/C19H18N2O6/c1-21(27)18(25)17(24)10-19(26,14-5-6-15(22)16(23)8-14)9-12-3-2-4-13(7-12)11-20/h2-8,22-23,26-27H,9-10H2,1H3. The van der Waals surface area contributed by atoms with E-state index in [0.717, 1.165) is 19.2 Å². The molecule has 1 unspecified atom stereocenters. The number of hydroxylamine groups is 2. The number of ketones is 1. The van der Waals surface area contributed by atoms with Crippen molar-refractivity contribution in [2.75, 3.05) is 7.05 Å². The Hall–Kier alpha value is -3.41. The zero-order chi connectivity index (χ0) is 20.2. The molecule has 0 saturated carbocycles. The molecule has 0 radical (unpaired) electrons. The van der Waals surface area contributed by atoms with Crippen LogP contribution in [0.25, 0.3) is 0 Å². The van der Waals surface area contributed by atoms with E-state index in [-0.39, 0.29) is 17.0 Å². The first kappa shape index (κ1) is 19.9. The Kier molecular flexibility index (Phi) is 5.80. The predicted molar refractivity (Wildman–Crippen MR) is 92.7 cm³/mol. The number of aromatic hydroxyl groups is 2. The van der Waals surface area contributed by atoms with E-state index in [1.807, 2.05) is 6.07 Å². The van der Waals surface area contributed by atoms with Crippen LogP contribution in [0.15, 0.2) is 42.5 Å². The molecule has 1 amide bonds. The fourth-order valence-corrected chi connectivity index (χ4v) is 2.69. The Balaban J connectivity index is 2.46. The topological polar surface area (TPSA) is 142 Å². The number of aliphatic hydroxyl groups is 1. The van der Waals surface area contributed by atoms with Gasteiger partial charge in [0.15, 0.2) is 11.5 Å².